The zero-order valence-corrected chi connectivity index (χ0v) is 13.6. The van der Waals surface area contributed by atoms with E-state index in [4.69, 9.17) is 9.47 Å². The average Bonchev–Trinajstić information content (AvgIpc) is 2.53. The predicted molar refractivity (Wildman–Crippen MR) is 87.3 cm³/mol. The summed E-state index contributed by atoms with van der Waals surface area (Å²) in [7, 11) is 3.13. The number of ether oxygens (including phenoxy) is 2. The van der Waals surface area contributed by atoms with Crippen molar-refractivity contribution in [1.29, 1.82) is 0 Å². The summed E-state index contributed by atoms with van der Waals surface area (Å²) in [5.41, 5.74) is 2.36. The van der Waals surface area contributed by atoms with Crippen molar-refractivity contribution in [3.8, 4) is 11.5 Å². The summed E-state index contributed by atoms with van der Waals surface area (Å²) in [6, 6.07) is 10.2. The van der Waals surface area contributed by atoms with Gasteiger partial charge in [0.25, 0.3) is 0 Å². The first-order chi connectivity index (χ1) is 11.0. The van der Waals surface area contributed by atoms with Crippen molar-refractivity contribution in [2.75, 3.05) is 20.8 Å². The standard InChI is InChI=1S/C18H22FNO3/c1-12-6-13(8-14(19)7-12)10-20-11-17(21)16-9-15(22-2)4-5-18(16)23-3/h4-9,17,20-21H,10-11H2,1-3H3. The number of halogens is 1. The molecule has 0 aromatic heterocycles. The topological polar surface area (TPSA) is 50.7 Å². The van der Waals surface area contributed by atoms with Gasteiger partial charge in [-0.3, -0.25) is 0 Å². The molecule has 0 radical (unpaired) electrons. The Kier molecular flexibility index (Phi) is 5.96. The van der Waals surface area contributed by atoms with Gasteiger partial charge in [-0.05, 0) is 48.4 Å². The highest BCUT2D eigenvalue weighted by Crippen LogP contribution is 2.29. The Morgan fingerprint density at radius 2 is 1.91 bits per heavy atom. The van der Waals surface area contributed by atoms with Crippen molar-refractivity contribution in [3.05, 3.63) is 58.9 Å². The van der Waals surface area contributed by atoms with Crippen molar-refractivity contribution in [2.45, 2.75) is 19.6 Å². The summed E-state index contributed by atoms with van der Waals surface area (Å²) >= 11 is 0. The van der Waals surface area contributed by atoms with Gasteiger partial charge in [0.05, 0.1) is 20.3 Å². The minimum Gasteiger partial charge on any atom is -0.497 e. The van der Waals surface area contributed by atoms with Gasteiger partial charge in [-0.1, -0.05) is 6.07 Å². The molecule has 0 amide bonds. The summed E-state index contributed by atoms with van der Waals surface area (Å²) in [6.07, 6.45) is -0.755. The van der Waals surface area contributed by atoms with Gasteiger partial charge in [0.15, 0.2) is 0 Å². The summed E-state index contributed by atoms with van der Waals surface area (Å²) < 4.78 is 23.8. The fourth-order valence-corrected chi connectivity index (χ4v) is 2.48. The maximum Gasteiger partial charge on any atom is 0.124 e. The molecule has 0 spiro atoms. The predicted octanol–water partition coefficient (Wildman–Crippen LogP) is 2.97. The average molecular weight is 319 g/mol. The lowest BCUT2D eigenvalue weighted by molar-refractivity contribution is 0.169. The number of nitrogens with one attached hydrogen (secondary N) is 1. The minimum absolute atomic E-state index is 0.253. The normalized spacial score (nSPS) is 12.0. The quantitative estimate of drug-likeness (QED) is 0.824. The number of aliphatic hydroxyl groups excluding tert-OH is 1. The third kappa shape index (κ3) is 4.68. The van der Waals surface area contributed by atoms with Crippen LogP contribution in [0, 0.1) is 12.7 Å². The van der Waals surface area contributed by atoms with Crippen molar-refractivity contribution in [1.82, 2.24) is 5.32 Å². The zero-order valence-electron chi connectivity index (χ0n) is 13.6. The Morgan fingerprint density at radius 1 is 1.13 bits per heavy atom. The molecular formula is C18H22FNO3. The van der Waals surface area contributed by atoms with E-state index in [0.717, 1.165) is 11.1 Å². The van der Waals surface area contributed by atoms with Crippen LogP contribution in [0.5, 0.6) is 11.5 Å². The van der Waals surface area contributed by atoms with Crippen molar-refractivity contribution in [2.24, 2.45) is 0 Å². The monoisotopic (exact) mass is 319 g/mol. The molecule has 0 heterocycles. The van der Waals surface area contributed by atoms with E-state index >= 15 is 0 Å². The van der Waals surface area contributed by atoms with Crippen LogP contribution in [0.2, 0.25) is 0 Å². The highest BCUT2D eigenvalue weighted by molar-refractivity contribution is 5.41. The molecule has 0 bridgehead atoms. The largest absolute Gasteiger partial charge is 0.497 e. The second-order valence-corrected chi connectivity index (χ2v) is 5.39. The van der Waals surface area contributed by atoms with Crippen LogP contribution < -0.4 is 14.8 Å². The molecule has 0 fully saturated rings. The van der Waals surface area contributed by atoms with E-state index < -0.39 is 6.10 Å². The van der Waals surface area contributed by atoms with E-state index in [1.54, 1.807) is 32.4 Å². The van der Waals surface area contributed by atoms with Crippen molar-refractivity contribution >= 4 is 0 Å². The van der Waals surface area contributed by atoms with Gasteiger partial charge in [0.2, 0.25) is 0 Å². The Morgan fingerprint density at radius 3 is 2.57 bits per heavy atom. The van der Waals surface area contributed by atoms with Gasteiger partial charge in [-0.15, -0.1) is 0 Å². The molecule has 23 heavy (non-hydrogen) atoms. The Bertz CT molecular complexity index is 640. The summed E-state index contributed by atoms with van der Waals surface area (Å²) in [6.45, 7) is 2.64. The van der Waals surface area contributed by atoms with E-state index in [9.17, 15) is 9.50 Å². The molecule has 0 saturated carbocycles. The highest BCUT2D eigenvalue weighted by atomic mass is 19.1. The van der Waals surface area contributed by atoms with Crippen LogP contribution in [0.15, 0.2) is 36.4 Å². The Labute approximate surface area is 135 Å². The number of methoxy groups -OCH3 is 2. The van der Waals surface area contributed by atoms with Crippen LogP contribution in [-0.2, 0) is 6.54 Å². The van der Waals surface area contributed by atoms with E-state index in [1.165, 1.54) is 12.1 Å². The van der Waals surface area contributed by atoms with Crippen LogP contribution in [-0.4, -0.2) is 25.9 Å². The fourth-order valence-electron chi connectivity index (χ4n) is 2.48. The summed E-state index contributed by atoms with van der Waals surface area (Å²) in [5, 5.41) is 13.5. The molecular weight excluding hydrogens is 297 g/mol. The lowest BCUT2D eigenvalue weighted by Gasteiger charge is -2.16. The number of benzene rings is 2. The Hall–Kier alpha value is -2.11. The molecule has 0 aliphatic rings. The van der Waals surface area contributed by atoms with Crippen LogP contribution in [0.3, 0.4) is 0 Å². The first-order valence-electron chi connectivity index (χ1n) is 7.40. The maximum absolute atomic E-state index is 13.4. The molecule has 1 unspecified atom stereocenters. The number of aliphatic hydroxyl groups is 1. The van der Waals surface area contributed by atoms with Crippen LogP contribution in [0.25, 0.3) is 0 Å². The molecule has 1 atom stereocenters. The van der Waals surface area contributed by atoms with Gasteiger partial charge in [0, 0.05) is 18.7 Å². The molecule has 4 nitrogen and oxygen atoms in total. The van der Waals surface area contributed by atoms with Gasteiger partial charge in [-0.2, -0.15) is 0 Å². The Balaban J connectivity index is 2.00. The first-order valence-corrected chi connectivity index (χ1v) is 7.40. The third-order valence-electron chi connectivity index (χ3n) is 3.56. The van der Waals surface area contributed by atoms with Crippen molar-refractivity contribution in [3.63, 3.8) is 0 Å². The lowest BCUT2D eigenvalue weighted by atomic mass is 10.1. The third-order valence-corrected chi connectivity index (χ3v) is 3.56. The minimum atomic E-state index is -0.755. The first kappa shape index (κ1) is 17.2. The zero-order chi connectivity index (χ0) is 16.8. The lowest BCUT2D eigenvalue weighted by Crippen LogP contribution is -2.21. The number of hydrogen-bond acceptors (Lipinski definition) is 4. The molecule has 2 rings (SSSR count). The molecule has 5 heteroatoms. The summed E-state index contributed by atoms with van der Waals surface area (Å²) in [5.74, 6) is 0.999. The fraction of sp³-hybridized carbons (Fsp3) is 0.333. The molecule has 2 N–H and O–H groups in total. The molecule has 0 aliphatic carbocycles. The number of aryl methyl sites for hydroxylation is 1. The molecule has 0 aliphatic heterocycles. The second-order valence-electron chi connectivity index (χ2n) is 5.39. The van der Waals surface area contributed by atoms with Gasteiger partial charge in [0.1, 0.15) is 17.3 Å². The number of hydrogen-bond donors (Lipinski definition) is 2. The second kappa shape index (κ2) is 7.94. The molecule has 2 aromatic carbocycles. The smallest absolute Gasteiger partial charge is 0.124 e. The van der Waals surface area contributed by atoms with Gasteiger partial charge in [-0.25, -0.2) is 4.39 Å². The van der Waals surface area contributed by atoms with E-state index in [0.29, 0.717) is 30.2 Å². The van der Waals surface area contributed by atoms with Crippen LogP contribution >= 0.6 is 0 Å². The molecule has 124 valence electrons. The van der Waals surface area contributed by atoms with Gasteiger partial charge < -0.3 is 19.9 Å². The van der Waals surface area contributed by atoms with E-state index in [2.05, 4.69) is 5.32 Å². The molecule has 2 aromatic rings. The highest BCUT2D eigenvalue weighted by Gasteiger charge is 2.14. The van der Waals surface area contributed by atoms with Crippen LogP contribution in [0.1, 0.15) is 22.8 Å². The maximum atomic E-state index is 13.4. The summed E-state index contributed by atoms with van der Waals surface area (Å²) in [4.78, 5) is 0. The van der Waals surface area contributed by atoms with E-state index in [1.807, 2.05) is 13.0 Å². The van der Waals surface area contributed by atoms with E-state index in [-0.39, 0.29) is 5.82 Å². The van der Waals surface area contributed by atoms with Crippen LogP contribution in [0.4, 0.5) is 4.39 Å². The SMILES string of the molecule is COc1ccc(OC)c(C(O)CNCc2cc(C)cc(F)c2)c1. The van der Waals surface area contributed by atoms with Gasteiger partial charge >= 0.3 is 0 Å². The number of rotatable bonds is 7. The van der Waals surface area contributed by atoms with Crippen molar-refractivity contribution < 1.29 is 19.0 Å². The molecule has 0 saturated heterocycles.